The summed E-state index contributed by atoms with van der Waals surface area (Å²) in [6, 6.07) is 6.85. The molecule has 0 amide bonds. The third-order valence-electron chi connectivity index (χ3n) is 2.37. The van der Waals surface area contributed by atoms with Gasteiger partial charge in [-0.1, -0.05) is 0 Å². The standard InChI is InChI=1S/C12H8BrF2N3O3/c13-7-5-10(18(19)20)11(16-6-7)17-8-1-3-9(4-2-8)21-12(14)15/h1-6,12H,(H,16,17). The summed E-state index contributed by atoms with van der Waals surface area (Å²) in [6.07, 6.45) is 1.41. The van der Waals surface area contributed by atoms with Crippen LogP contribution < -0.4 is 10.1 Å². The van der Waals surface area contributed by atoms with Crippen LogP contribution in [0.2, 0.25) is 0 Å². The molecule has 110 valence electrons. The average Bonchev–Trinajstić information content (AvgIpc) is 2.42. The van der Waals surface area contributed by atoms with E-state index >= 15 is 0 Å². The van der Waals surface area contributed by atoms with Gasteiger partial charge < -0.3 is 10.1 Å². The van der Waals surface area contributed by atoms with Gasteiger partial charge in [-0.05, 0) is 40.2 Å². The summed E-state index contributed by atoms with van der Waals surface area (Å²) in [6.45, 7) is -2.90. The lowest BCUT2D eigenvalue weighted by Gasteiger charge is -2.08. The van der Waals surface area contributed by atoms with Crippen molar-refractivity contribution in [3.05, 3.63) is 51.1 Å². The number of halogens is 3. The van der Waals surface area contributed by atoms with Crippen LogP contribution in [0.15, 0.2) is 41.0 Å². The number of nitrogens with zero attached hydrogens (tertiary/aromatic N) is 2. The van der Waals surface area contributed by atoms with E-state index in [-0.39, 0.29) is 17.3 Å². The van der Waals surface area contributed by atoms with Gasteiger partial charge in [-0.2, -0.15) is 8.78 Å². The molecule has 0 bridgehead atoms. The first-order valence-electron chi connectivity index (χ1n) is 5.57. The summed E-state index contributed by atoms with van der Waals surface area (Å²) in [5.41, 5.74) is 0.242. The summed E-state index contributed by atoms with van der Waals surface area (Å²) in [4.78, 5) is 14.3. The van der Waals surface area contributed by atoms with E-state index in [0.29, 0.717) is 10.2 Å². The van der Waals surface area contributed by atoms with Gasteiger partial charge in [0.25, 0.3) is 0 Å². The Morgan fingerprint density at radius 1 is 1.33 bits per heavy atom. The summed E-state index contributed by atoms with van der Waals surface area (Å²) in [5, 5.41) is 13.7. The summed E-state index contributed by atoms with van der Waals surface area (Å²) < 4.78 is 28.7. The van der Waals surface area contributed by atoms with Crippen LogP contribution in [0, 0.1) is 10.1 Å². The maximum absolute atomic E-state index is 12.0. The zero-order chi connectivity index (χ0) is 15.4. The highest BCUT2D eigenvalue weighted by Crippen LogP contribution is 2.28. The molecule has 1 aromatic heterocycles. The highest BCUT2D eigenvalue weighted by Gasteiger charge is 2.16. The Balaban J connectivity index is 2.20. The zero-order valence-electron chi connectivity index (χ0n) is 10.3. The molecule has 0 atom stereocenters. The average molecular weight is 360 g/mol. The quantitative estimate of drug-likeness (QED) is 0.642. The fraction of sp³-hybridized carbons (Fsp3) is 0.0833. The first-order valence-corrected chi connectivity index (χ1v) is 6.37. The van der Waals surface area contributed by atoms with Gasteiger partial charge >= 0.3 is 12.3 Å². The third-order valence-corrected chi connectivity index (χ3v) is 2.81. The molecule has 2 aromatic rings. The number of benzene rings is 1. The van der Waals surface area contributed by atoms with Crippen molar-refractivity contribution in [3.8, 4) is 5.75 Å². The van der Waals surface area contributed by atoms with Crippen LogP contribution >= 0.6 is 15.9 Å². The number of rotatable bonds is 5. The molecule has 0 unspecified atom stereocenters. The van der Waals surface area contributed by atoms with E-state index in [4.69, 9.17) is 0 Å². The fourth-order valence-electron chi connectivity index (χ4n) is 1.52. The molecular weight excluding hydrogens is 352 g/mol. The molecule has 0 radical (unpaired) electrons. The Labute approximate surface area is 126 Å². The monoisotopic (exact) mass is 359 g/mol. The van der Waals surface area contributed by atoms with Crippen molar-refractivity contribution in [3.63, 3.8) is 0 Å². The molecule has 0 saturated heterocycles. The van der Waals surface area contributed by atoms with Crippen molar-refractivity contribution in [2.24, 2.45) is 0 Å². The van der Waals surface area contributed by atoms with Gasteiger partial charge in [-0.15, -0.1) is 0 Å². The van der Waals surface area contributed by atoms with Crippen LogP contribution in [0.5, 0.6) is 5.75 Å². The molecule has 0 aliphatic rings. The van der Waals surface area contributed by atoms with E-state index in [1.54, 1.807) is 0 Å². The Hall–Kier alpha value is -2.29. The number of hydrogen-bond donors (Lipinski definition) is 1. The van der Waals surface area contributed by atoms with Crippen LogP contribution in [0.4, 0.5) is 26.0 Å². The summed E-state index contributed by atoms with van der Waals surface area (Å²) in [5.74, 6) is 0.0412. The normalized spacial score (nSPS) is 10.5. The van der Waals surface area contributed by atoms with Crippen molar-refractivity contribution >= 4 is 33.1 Å². The van der Waals surface area contributed by atoms with Crippen LogP contribution in [0.1, 0.15) is 0 Å². The van der Waals surface area contributed by atoms with E-state index in [9.17, 15) is 18.9 Å². The van der Waals surface area contributed by atoms with Crippen molar-refractivity contribution in [2.45, 2.75) is 6.61 Å². The van der Waals surface area contributed by atoms with E-state index in [2.05, 4.69) is 31.0 Å². The van der Waals surface area contributed by atoms with Gasteiger partial charge in [0.05, 0.1) is 4.92 Å². The molecule has 0 saturated carbocycles. The fourth-order valence-corrected chi connectivity index (χ4v) is 1.84. The Bertz CT molecular complexity index is 653. The van der Waals surface area contributed by atoms with Gasteiger partial charge in [0.1, 0.15) is 5.75 Å². The molecule has 0 aliphatic carbocycles. The van der Waals surface area contributed by atoms with Gasteiger partial charge in [-0.25, -0.2) is 4.98 Å². The maximum atomic E-state index is 12.0. The Morgan fingerprint density at radius 3 is 2.57 bits per heavy atom. The van der Waals surface area contributed by atoms with Gasteiger partial charge in [0, 0.05) is 22.4 Å². The minimum atomic E-state index is -2.90. The second-order valence-corrected chi connectivity index (χ2v) is 4.72. The van der Waals surface area contributed by atoms with Gasteiger partial charge in [0.2, 0.25) is 5.82 Å². The Kier molecular flexibility index (Phi) is 4.63. The largest absolute Gasteiger partial charge is 0.435 e. The third kappa shape index (κ3) is 4.09. The molecule has 0 spiro atoms. The van der Waals surface area contributed by atoms with Crippen molar-refractivity contribution in [2.75, 3.05) is 5.32 Å². The van der Waals surface area contributed by atoms with Crippen molar-refractivity contribution in [1.29, 1.82) is 0 Å². The highest BCUT2D eigenvalue weighted by atomic mass is 79.9. The van der Waals surface area contributed by atoms with Gasteiger partial charge in [0.15, 0.2) is 0 Å². The number of ether oxygens (including phenoxy) is 1. The second-order valence-electron chi connectivity index (χ2n) is 3.81. The molecule has 0 aliphatic heterocycles. The lowest BCUT2D eigenvalue weighted by Crippen LogP contribution is -2.02. The van der Waals surface area contributed by atoms with E-state index in [0.717, 1.165) is 0 Å². The van der Waals surface area contributed by atoms with Crippen LogP contribution in [0.3, 0.4) is 0 Å². The number of hydrogen-bond acceptors (Lipinski definition) is 5. The lowest BCUT2D eigenvalue weighted by atomic mass is 10.3. The molecule has 1 aromatic carbocycles. The highest BCUT2D eigenvalue weighted by molar-refractivity contribution is 9.10. The minimum Gasteiger partial charge on any atom is -0.435 e. The molecule has 2 rings (SSSR count). The smallest absolute Gasteiger partial charge is 0.387 e. The SMILES string of the molecule is O=[N+]([O-])c1cc(Br)cnc1Nc1ccc(OC(F)F)cc1. The molecule has 1 heterocycles. The predicted octanol–water partition coefficient (Wildman–Crippen LogP) is 4.10. The molecular formula is C12H8BrF2N3O3. The number of nitro groups is 1. The zero-order valence-corrected chi connectivity index (χ0v) is 11.9. The van der Waals surface area contributed by atoms with Crippen molar-refractivity contribution < 1.29 is 18.4 Å². The number of pyridine rings is 1. The van der Waals surface area contributed by atoms with Gasteiger partial charge in [-0.3, -0.25) is 10.1 Å². The van der Waals surface area contributed by atoms with E-state index in [1.165, 1.54) is 36.5 Å². The van der Waals surface area contributed by atoms with Crippen LogP contribution in [-0.2, 0) is 0 Å². The van der Waals surface area contributed by atoms with E-state index < -0.39 is 11.5 Å². The van der Waals surface area contributed by atoms with E-state index in [1.807, 2.05) is 0 Å². The number of anilines is 2. The Morgan fingerprint density at radius 2 is 2.00 bits per heavy atom. The van der Waals surface area contributed by atoms with Crippen LogP contribution in [0.25, 0.3) is 0 Å². The molecule has 21 heavy (non-hydrogen) atoms. The van der Waals surface area contributed by atoms with Crippen molar-refractivity contribution in [1.82, 2.24) is 4.98 Å². The molecule has 9 heteroatoms. The second kappa shape index (κ2) is 6.44. The molecule has 6 nitrogen and oxygen atoms in total. The number of aromatic nitrogens is 1. The number of alkyl halides is 2. The summed E-state index contributed by atoms with van der Waals surface area (Å²) >= 11 is 3.10. The predicted molar refractivity (Wildman–Crippen MR) is 74.9 cm³/mol. The number of nitrogens with one attached hydrogen (secondary N) is 1. The minimum absolute atomic E-state index is 0.00573. The maximum Gasteiger partial charge on any atom is 0.387 e. The molecule has 0 fully saturated rings. The first kappa shape index (κ1) is 15.1. The topological polar surface area (TPSA) is 77.3 Å². The molecule has 1 N–H and O–H groups in total. The first-order chi connectivity index (χ1) is 9.95. The van der Waals surface area contributed by atoms with Crippen LogP contribution in [-0.4, -0.2) is 16.5 Å². The lowest BCUT2D eigenvalue weighted by molar-refractivity contribution is -0.384. The summed E-state index contributed by atoms with van der Waals surface area (Å²) in [7, 11) is 0.